The zero-order valence-electron chi connectivity index (χ0n) is 8.66. The van der Waals surface area contributed by atoms with Crippen molar-refractivity contribution < 1.29 is 4.79 Å². The van der Waals surface area contributed by atoms with Gasteiger partial charge in [-0.3, -0.25) is 4.79 Å². The van der Waals surface area contributed by atoms with E-state index in [0.717, 1.165) is 14.9 Å². The molecule has 1 heterocycles. The van der Waals surface area contributed by atoms with Gasteiger partial charge in [-0.25, -0.2) is 0 Å². The lowest BCUT2D eigenvalue weighted by atomic mass is 10.1. The highest BCUT2D eigenvalue weighted by Crippen LogP contribution is 2.24. The summed E-state index contributed by atoms with van der Waals surface area (Å²) in [6.45, 7) is 1.94. The predicted molar refractivity (Wildman–Crippen MR) is 71.0 cm³/mol. The molecule has 2 N–H and O–H groups in total. The van der Waals surface area contributed by atoms with Gasteiger partial charge in [0.05, 0.1) is 4.88 Å². The van der Waals surface area contributed by atoms with Crippen LogP contribution < -0.4 is 5.73 Å². The monoisotopic (exact) mass is 295 g/mol. The van der Waals surface area contributed by atoms with E-state index in [-0.39, 0.29) is 5.78 Å². The van der Waals surface area contributed by atoms with E-state index in [0.29, 0.717) is 11.3 Å². The van der Waals surface area contributed by atoms with E-state index in [1.807, 2.05) is 18.4 Å². The maximum Gasteiger partial charge on any atom is 0.203 e. The van der Waals surface area contributed by atoms with Gasteiger partial charge < -0.3 is 5.73 Å². The molecule has 2 aromatic rings. The van der Waals surface area contributed by atoms with Gasteiger partial charge in [0.15, 0.2) is 0 Å². The van der Waals surface area contributed by atoms with Crippen LogP contribution in [0.25, 0.3) is 0 Å². The summed E-state index contributed by atoms with van der Waals surface area (Å²) >= 11 is 4.77. The van der Waals surface area contributed by atoms with Crippen molar-refractivity contribution in [2.45, 2.75) is 6.92 Å². The Kier molecular flexibility index (Phi) is 3.12. The Labute approximate surface area is 106 Å². The van der Waals surface area contributed by atoms with Crippen LogP contribution in [0.15, 0.2) is 34.1 Å². The van der Waals surface area contributed by atoms with E-state index in [2.05, 4.69) is 15.9 Å². The molecular weight excluding hydrogens is 286 g/mol. The number of rotatable bonds is 2. The molecule has 0 unspecified atom stereocenters. The van der Waals surface area contributed by atoms with Crippen LogP contribution in [0.1, 0.15) is 20.8 Å². The number of hydrogen-bond acceptors (Lipinski definition) is 3. The number of carbonyl (C=O) groups is 1. The molecule has 0 aliphatic rings. The van der Waals surface area contributed by atoms with Crippen LogP contribution in [0.4, 0.5) is 5.69 Å². The van der Waals surface area contributed by atoms with E-state index < -0.39 is 0 Å². The van der Waals surface area contributed by atoms with Crippen LogP contribution >= 0.6 is 27.3 Å². The minimum absolute atomic E-state index is 0.0340. The highest BCUT2D eigenvalue weighted by molar-refractivity contribution is 9.10. The number of benzene rings is 1. The van der Waals surface area contributed by atoms with Crippen LogP contribution in [0.2, 0.25) is 0 Å². The molecule has 0 aliphatic carbocycles. The zero-order valence-corrected chi connectivity index (χ0v) is 11.1. The molecule has 0 bridgehead atoms. The maximum absolute atomic E-state index is 12.1. The molecule has 0 fully saturated rings. The summed E-state index contributed by atoms with van der Waals surface area (Å²) in [5, 5.41) is 1.92. The van der Waals surface area contributed by atoms with Gasteiger partial charge in [0.25, 0.3) is 0 Å². The minimum atomic E-state index is 0.0340. The Hall–Kier alpha value is -1.13. The number of thiophene rings is 1. The molecule has 1 aromatic heterocycles. The summed E-state index contributed by atoms with van der Waals surface area (Å²) in [7, 11) is 0. The van der Waals surface area contributed by atoms with Crippen LogP contribution in [-0.4, -0.2) is 5.78 Å². The smallest absolute Gasteiger partial charge is 0.203 e. The van der Waals surface area contributed by atoms with E-state index in [9.17, 15) is 4.79 Å². The van der Waals surface area contributed by atoms with Gasteiger partial charge in [-0.05, 0) is 58.1 Å². The third kappa shape index (κ3) is 2.03. The molecule has 0 aliphatic heterocycles. The molecule has 0 saturated carbocycles. The summed E-state index contributed by atoms with van der Waals surface area (Å²) in [5.41, 5.74) is 7.98. The molecule has 2 nitrogen and oxygen atoms in total. The van der Waals surface area contributed by atoms with Crippen LogP contribution in [-0.2, 0) is 0 Å². The van der Waals surface area contributed by atoms with Crippen molar-refractivity contribution >= 4 is 38.7 Å². The summed E-state index contributed by atoms with van der Waals surface area (Å²) in [6.07, 6.45) is 0. The lowest BCUT2D eigenvalue weighted by Gasteiger charge is -2.03. The van der Waals surface area contributed by atoms with Crippen molar-refractivity contribution in [3.8, 4) is 0 Å². The average molecular weight is 296 g/mol. The molecule has 16 heavy (non-hydrogen) atoms. The predicted octanol–water partition coefficient (Wildman–Crippen LogP) is 3.63. The molecule has 82 valence electrons. The first-order valence-corrected chi connectivity index (χ1v) is 6.40. The first-order chi connectivity index (χ1) is 7.59. The molecule has 1 aromatic carbocycles. The molecule has 4 heteroatoms. The number of nitrogen functional groups attached to an aromatic ring is 1. The Morgan fingerprint density at radius 2 is 2.12 bits per heavy atom. The van der Waals surface area contributed by atoms with Crippen molar-refractivity contribution in [3.63, 3.8) is 0 Å². The third-order valence-corrected chi connectivity index (χ3v) is 4.06. The Morgan fingerprint density at radius 3 is 2.69 bits per heavy atom. The number of anilines is 1. The highest BCUT2D eigenvalue weighted by atomic mass is 79.9. The van der Waals surface area contributed by atoms with E-state index in [1.54, 1.807) is 18.2 Å². The van der Waals surface area contributed by atoms with Crippen molar-refractivity contribution in [2.24, 2.45) is 0 Å². The minimum Gasteiger partial charge on any atom is -0.398 e. The van der Waals surface area contributed by atoms with E-state index in [4.69, 9.17) is 5.73 Å². The van der Waals surface area contributed by atoms with Crippen molar-refractivity contribution in [1.29, 1.82) is 0 Å². The normalized spacial score (nSPS) is 10.4. The van der Waals surface area contributed by atoms with Crippen molar-refractivity contribution in [3.05, 3.63) is 50.1 Å². The van der Waals surface area contributed by atoms with Gasteiger partial charge in [-0.2, -0.15) is 0 Å². The highest BCUT2D eigenvalue weighted by Gasteiger charge is 2.13. The second-order valence-electron chi connectivity index (χ2n) is 3.50. The van der Waals surface area contributed by atoms with Gasteiger partial charge >= 0.3 is 0 Å². The molecular formula is C12H10BrNOS. The quantitative estimate of drug-likeness (QED) is 0.679. The van der Waals surface area contributed by atoms with Gasteiger partial charge in [0.2, 0.25) is 5.78 Å². The largest absolute Gasteiger partial charge is 0.398 e. The topological polar surface area (TPSA) is 43.1 Å². The van der Waals surface area contributed by atoms with Crippen LogP contribution in [0, 0.1) is 6.92 Å². The van der Waals surface area contributed by atoms with E-state index in [1.165, 1.54) is 11.3 Å². The van der Waals surface area contributed by atoms with Crippen molar-refractivity contribution in [1.82, 2.24) is 0 Å². The van der Waals surface area contributed by atoms with E-state index >= 15 is 0 Å². The van der Waals surface area contributed by atoms with Gasteiger partial charge in [-0.15, -0.1) is 11.3 Å². The average Bonchev–Trinajstić information content (AvgIpc) is 2.67. The third-order valence-electron chi connectivity index (χ3n) is 2.33. The molecule has 0 radical (unpaired) electrons. The zero-order chi connectivity index (χ0) is 11.7. The number of nitrogens with two attached hydrogens (primary N) is 1. The first-order valence-electron chi connectivity index (χ1n) is 4.73. The lowest BCUT2D eigenvalue weighted by Crippen LogP contribution is -2.01. The van der Waals surface area contributed by atoms with Crippen LogP contribution in [0.5, 0.6) is 0 Å². The summed E-state index contributed by atoms with van der Waals surface area (Å²) in [4.78, 5) is 12.9. The molecule has 0 amide bonds. The van der Waals surface area contributed by atoms with Crippen molar-refractivity contribution in [2.75, 3.05) is 5.73 Å². The number of aryl methyl sites for hydroxylation is 1. The Morgan fingerprint density at radius 1 is 1.38 bits per heavy atom. The fourth-order valence-corrected chi connectivity index (χ4v) is 2.56. The number of hydrogen-bond donors (Lipinski definition) is 1. The molecule has 0 saturated heterocycles. The lowest BCUT2D eigenvalue weighted by molar-refractivity contribution is 0.104. The Bertz CT molecular complexity index is 548. The summed E-state index contributed by atoms with van der Waals surface area (Å²) < 4.78 is 0.812. The molecule has 0 atom stereocenters. The van der Waals surface area contributed by atoms with Gasteiger partial charge in [0, 0.05) is 15.7 Å². The first kappa shape index (κ1) is 11.4. The number of ketones is 1. The second-order valence-corrected chi connectivity index (χ2v) is 5.27. The number of halogens is 1. The fraction of sp³-hybridized carbons (Fsp3) is 0.0833. The molecule has 0 spiro atoms. The standard InChI is InChI=1S/C12H10BrNOS/c1-7-4-5-16-12(7)11(15)8-2-3-9(13)10(14)6-8/h2-6H,14H2,1H3. The SMILES string of the molecule is Cc1ccsc1C(=O)c1ccc(Br)c(N)c1. The van der Waals surface area contributed by atoms with Crippen LogP contribution in [0.3, 0.4) is 0 Å². The summed E-state index contributed by atoms with van der Waals surface area (Å²) in [5.74, 6) is 0.0340. The number of carbonyl (C=O) groups excluding carboxylic acids is 1. The van der Waals surface area contributed by atoms with Gasteiger partial charge in [-0.1, -0.05) is 0 Å². The fourth-order valence-electron chi connectivity index (χ4n) is 1.42. The Balaban J connectivity index is 2.42. The second kappa shape index (κ2) is 4.39. The summed E-state index contributed by atoms with van der Waals surface area (Å²) in [6, 6.07) is 7.22. The molecule has 2 rings (SSSR count). The van der Waals surface area contributed by atoms with Gasteiger partial charge in [0.1, 0.15) is 0 Å². The maximum atomic E-state index is 12.1.